The average molecular weight is 260 g/mol. The summed E-state index contributed by atoms with van der Waals surface area (Å²) in [5, 5.41) is 9.49. The van der Waals surface area contributed by atoms with Crippen molar-refractivity contribution in [2.45, 2.75) is 25.3 Å². The second-order valence-corrected chi connectivity index (χ2v) is 4.77. The smallest absolute Gasteiger partial charge is 0.124 e. The number of hydrogen-bond donors (Lipinski definition) is 0. The van der Waals surface area contributed by atoms with Gasteiger partial charge in [0.05, 0.1) is 20.3 Å². The van der Waals surface area contributed by atoms with E-state index >= 15 is 0 Å². The normalized spacial score (nSPS) is 17.5. The van der Waals surface area contributed by atoms with Crippen molar-refractivity contribution in [2.24, 2.45) is 0 Å². The maximum Gasteiger partial charge on any atom is 0.124 e. The van der Waals surface area contributed by atoms with Crippen LogP contribution in [0.3, 0.4) is 0 Å². The highest BCUT2D eigenvalue weighted by Crippen LogP contribution is 2.30. The fraction of sp³-hybridized carbons (Fsp3) is 0.533. The van der Waals surface area contributed by atoms with Crippen LogP contribution in [0.2, 0.25) is 0 Å². The number of nitriles is 1. The second kappa shape index (κ2) is 6.44. The Labute approximate surface area is 114 Å². The van der Waals surface area contributed by atoms with E-state index in [4.69, 9.17) is 9.47 Å². The Kier molecular flexibility index (Phi) is 4.64. The van der Waals surface area contributed by atoms with E-state index in [2.05, 4.69) is 11.0 Å². The molecule has 1 atom stereocenters. The first kappa shape index (κ1) is 13.7. The number of benzene rings is 1. The molecule has 0 saturated carbocycles. The third kappa shape index (κ3) is 3.18. The largest absolute Gasteiger partial charge is 0.497 e. The molecule has 1 unspecified atom stereocenters. The van der Waals surface area contributed by atoms with Gasteiger partial charge in [0.15, 0.2) is 0 Å². The highest BCUT2D eigenvalue weighted by molar-refractivity contribution is 5.41. The highest BCUT2D eigenvalue weighted by Gasteiger charge is 2.23. The van der Waals surface area contributed by atoms with Crippen LogP contribution in [-0.2, 0) is 0 Å². The fourth-order valence-electron chi connectivity index (χ4n) is 2.53. The maximum atomic E-state index is 9.49. The van der Waals surface area contributed by atoms with Gasteiger partial charge in [-0.3, -0.25) is 4.90 Å². The lowest BCUT2D eigenvalue weighted by atomic mass is 10.0. The molecule has 4 nitrogen and oxygen atoms in total. The molecule has 0 N–H and O–H groups in total. The predicted octanol–water partition coefficient (Wildman–Crippen LogP) is 2.75. The van der Waals surface area contributed by atoms with Crippen LogP contribution in [0.25, 0.3) is 0 Å². The number of likely N-dealkylation sites (tertiary alicyclic amines) is 1. The van der Waals surface area contributed by atoms with Crippen LogP contribution in [0.4, 0.5) is 0 Å². The van der Waals surface area contributed by atoms with Crippen molar-refractivity contribution in [3.8, 4) is 17.6 Å². The minimum absolute atomic E-state index is 0.218. The van der Waals surface area contributed by atoms with Gasteiger partial charge in [-0.05, 0) is 43.6 Å². The van der Waals surface area contributed by atoms with Crippen molar-refractivity contribution in [1.29, 1.82) is 5.26 Å². The molecule has 4 heteroatoms. The molecule has 19 heavy (non-hydrogen) atoms. The van der Waals surface area contributed by atoms with Gasteiger partial charge >= 0.3 is 0 Å². The van der Waals surface area contributed by atoms with Crippen molar-refractivity contribution in [3.63, 3.8) is 0 Å². The first-order chi connectivity index (χ1) is 9.28. The molecule has 1 aliphatic heterocycles. The van der Waals surface area contributed by atoms with Crippen molar-refractivity contribution >= 4 is 0 Å². The summed E-state index contributed by atoms with van der Waals surface area (Å²) in [5.74, 6) is 1.46. The molecular weight excluding hydrogens is 240 g/mol. The number of nitrogens with zero attached hydrogens (tertiary/aromatic N) is 2. The number of piperidine rings is 1. The SMILES string of the molecule is COc1cc(OC)cc(C(C#N)N2CCCCC2)c1. The molecule has 1 heterocycles. The Morgan fingerprint density at radius 3 is 2.11 bits per heavy atom. The van der Waals surface area contributed by atoms with Crippen molar-refractivity contribution < 1.29 is 9.47 Å². The molecule has 0 aromatic heterocycles. The van der Waals surface area contributed by atoms with Gasteiger partial charge in [0, 0.05) is 6.07 Å². The molecule has 0 spiro atoms. The van der Waals surface area contributed by atoms with Crippen LogP contribution in [0.15, 0.2) is 18.2 Å². The summed E-state index contributed by atoms with van der Waals surface area (Å²) in [6.07, 6.45) is 3.59. The third-order valence-electron chi connectivity index (χ3n) is 3.57. The lowest BCUT2D eigenvalue weighted by molar-refractivity contribution is 0.195. The van der Waals surface area contributed by atoms with Gasteiger partial charge in [-0.15, -0.1) is 0 Å². The van der Waals surface area contributed by atoms with E-state index in [9.17, 15) is 5.26 Å². The molecule has 0 aliphatic carbocycles. The minimum atomic E-state index is -0.218. The number of ether oxygens (including phenoxy) is 2. The first-order valence-electron chi connectivity index (χ1n) is 6.65. The Hall–Kier alpha value is -1.73. The molecular formula is C15H20N2O2. The minimum Gasteiger partial charge on any atom is -0.497 e. The van der Waals surface area contributed by atoms with E-state index in [0.717, 1.165) is 30.2 Å². The van der Waals surface area contributed by atoms with Crippen LogP contribution in [0.5, 0.6) is 11.5 Å². The molecule has 0 radical (unpaired) electrons. The van der Waals surface area contributed by atoms with Crippen LogP contribution in [0.1, 0.15) is 30.9 Å². The van der Waals surface area contributed by atoms with E-state index in [-0.39, 0.29) is 6.04 Å². The molecule has 1 aromatic carbocycles. The summed E-state index contributed by atoms with van der Waals surface area (Å²) in [4.78, 5) is 2.23. The zero-order valence-electron chi connectivity index (χ0n) is 11.6. The Morgan fingerprint density at radius 2 is 1.63 bits per heavy atom. The van der Waals surface area contributed by atoms with E-state index in [1.165, 1.54) is 19.3 Å². The summed E-state index contributed by atoms with van der Waals surface area (Å²) < 4.78 is 10.5. The predicted molar refractivity (Wildman–Crippen MR) is 73.3 cm³/mol. The topological polar surface area (TPSA) is 45.5 Å². The van der Waals surface area contributed by atoms with E-state index in [1.807, 2.05) is 18.2 Å². The molecule has 1 fully saturated rings. The van der Waals surface area contributed by atoms with Crippen molar-refractivity contribution in [2.75, 3.05) is 27.3 Å². The van der Waals surface area contributed by atoms with E-state index in [0.29, 0.717) is 0 Å². The Balaban J connectivity index is 2.29. The molecule has 1 aliphatic rings. The zero-order chi connectivity index (χ0) is 13.7. The fourth-order valence-corrected chi connectivity index (χ4v) is 2.53. The quantitative estimate of drug-likeness (QED) is 0.835. The zero-order valence-corrected chi connectivity index (χ0v) is 11.6. The van der Waals surface area contributed by atoms with Crippen molar-refractivity contribution in [1.82, 2.24) is 4.90 Å². The Morgan fingerprint density at radius 1 is 1.05 bits per heavy atom. The lowest BCUT2D eigenvalue weighted by Gasteiger charge is -2.30. The third-order valence-corrected chi connectivity index (χ3v) is 3.57. The molecule has 1 saturated heterocycles. The second-order valence-electron chi connectivity index (χ2n) is 4.77. The van der Waals surface area contributed by atoms with E-state index in [1.54, 1.807) is 14.2 Å². The van der Waals surface area contributed by atoms with Gasteiger partial charge in [0.25, 0.3) is 0 Å². The van der Waals surface area contributed by atoms with Gasteiger partial charge in [-0.25, -0.2) is 0 Å². The number of methoxy groups -OCH3 is 2. The number of hydrogen-bond acceptors (Lipinski definition) is 4. The maximum absolute atomic E-state index is 9.49. The number of rotatable bonds is 4. The Bertz CT molecular complexity index is 439. The molecule has 0 bridgehead atoms. The van der Waals surface area contributed by atoms with Gasteiger partial charge in [-0.1, -0.05) is 6.42 Å². The summed E-state index contributed by atoms with van der Waals surface area (Å²) in [6, 6.07) is 7.86. The summed E-state index contributed by atoms with van der Waals surface area (Å²) in [5.41, 5.74) is 0.945. The average Bonchev–Trinajstić information content (AvgIpc) is 2.48. The van der Waals surface area contributed by atoms with Crippen LogP contribution < -0.4 is 9.47 Å². The highest BCUT2D eigenvalue weighted by atomic mass is 16.5. The first-order valence-corrected chi connectivity index (χ1v) is 6.65. The van der Waals surface area contributed by atoms with Crippen molar-refractivity contribution in [3.05, 3.63) is 23.8 Å². The molecule has 0 amide bonds. The molecule has 1 aromatic rings. The van der Waals surface area contributed by atoms with Crippen LogP contribution in [-0.4, -0.2) is 32.2 Å². The van der Waals surface area contributed by atoms with Crippen LogP contribution in [0, 0.1) is 11.3 Å². The summed E-state index contributed by atoms with van der Waals surface area (Å²) >= 11 is 0. The summed E-state index contributed by atoms with van der Waals surface area (Å²) in [6.45, 7) is 1.97. The van der Waals surface area contributed by atoms with Gasteiger partial charge in [-0.2, -0.15) is 5.26 Å². The van der Waals surface area contributed by atoms with Gasteiger partial charge < -0.3 is 9.47 Å². The molecule has 102 valence electrons. The van der Waals surface area contributed by atoms with E-state index < -0.39 is 0 Å². The molecule has 2 rings (SSSR count). The van der Waals surface area contributed by atoms with Crippen LogP contribution >= 0.6 is 0 Å². The monoisotopic (exact) mass is 260 g/mol. The summed E-state index contributed by atoms with van der Waals surface area (Å²) in [7, 11) is 3.25. The lowest BCUT2D eigenvalue weighted by Crippen LogP contribution is -2.33. The van der Waals surface area contributed by atoms with Gasteiger partial charge in [0.1, 0.15) is 17.5 Å². The standard InChI is InChI=1S/C15H20N2O2/c1-18-13-8-12(9-14(10-13)19-2)15(11-16)17-6-4-3-5-7-17/h8-10,15H,3-7H2,1-2H3. The van der Waals surface area contributed by atoms with Gasteiger partial charge in [0.2, 0.25) is 0 Å².